The number of carbonyl (C=O) groups excluding carboxylic acids is 1. The van der Waals surface area contributed by atoms with E-state index in [4.69, 9.17) is 4.42 Å². The van der Waals surface area contributed by atoms with E-state index < -0.39 is 0 Å². The second-order valence-corrected chi connectivity index (χ2v) is 4.90. The van der Waals surface area contributed by atoms with Crippen molar-refractivity contribution in [3.8, 4) is 0 Å². The van der Waals surface area contributed by atoms with Crippen LogP contribution in [-0.4, -0.2) is 5.78 Å². The molecule has 2 saturated carbocycles. The van der Waals surface area contributed by atoms with Crippen LogP contribution >= 0.6 is 0 Å². The molecule has 2 aliphatic rings. The predicted octanol–water partition coefficient (Wildman–Crippen LogP) is 3.44. The van der Waals surface area contributed by atoms with E-state index in [2.05, 4.69) is 0 Å². The molecule has 0 N–H and O–H groups in total. The van der Waals surface area contributed by atoms with Crippen LogP contribution in [0.5, 0.6) is 0 Å². The molecule has 0 aromatic carbocycles. The molecule has 0 bridgehead atoms. The van der Waals surface area contributed by atoms with Crippen molar-refractivity contribution in [2.24, 2.45) is 11.8 Å². The van der Waals surface area contributed by atoms with E-state index in [1.54, 1.807) is 6.26 Å². The van der Waals surface area contributed by atoms with E-state index in [-0.39, 0.29) is 0 Å². The molecule has 2 aliphatic carbocycles. The zero-order chi connectivity index (χ0) is 11.0. The molecular formula is C14H16O2. The van der Waals surface area contributed by atoms with Gasteiger partial charge in [-0.3, -0.25) is 4.79 Å². The highest BCUT2D eigenvalue weighted by Gasteiger charge is 2.39. The van der Waals surface area contributed by atoms with Gasteiger partial charge in [0, 0.05) is 5.92 Å². The number of hydrogen-bond donors (Lipinski definition) is 0. The minimum absolute atomic E-state index is 0.315. The first-order valence-corrected chi connectivity index (χ1v) is 6.13. The number of fused-ring (bicyclic) bond motifs is 1. The SMILES string of the molecule is O=C1/C(=C/c2ccco2)C[C@@H]2CCCC[C@@H]12. The van der Waals surface area contributed by atoms with Crippen LogP contribution in [0.1, 0.15) is 37.9 Å². The average Bonchev–Trinajstić information content (AvgIpc) is 2.90. The Morgan fingerprint density at radius 1 is 1.31 bits per heavy atom. The predicted molar refractivity (Wildman–Crippen MR) is 61.8 cm³/mol. The largest absolute Gasteiger partial charge is 0.465 e. The molecule has 0 radical (unpaired) electrons. The van der Waals surface area contributed by atoms with E-state index in [0.717, 1.165) is 24.2 Å². The van der Waals surface area contributed by atoms with Gasteiger partial charge in [0.25, 0.3) is 0 Å². The van der Waals surface area contributed by atoms with Gasteiger partial charge in [0.05, 0.1) is 6.26 Å². The third-order valence-corrected chi connectivity index (χ3v) is 3.90. The smallest absolute Gasteiger partial charge is 0.162 e. The fraction of sp³-hybridized carbons (Fsp3) is 0.500. The number of carbonyl (C=O) groups is 1. The Morgan fingerprint density at radius 2 is 2.19 bits per heavy atom. The van der Waals surface area contributed by atoms with Gasteiger partial charge < -0.3 is 4.42 Å². The molecule has 0 aliphatic heterocycles. The van der Waals surface area contributed by atoms with E-state index in [0.29, 0.717) is 17.6 Å². The molecule has 0 spiro atoms. The Balaban J connectivity index is 1.85. The number of hydrogen-bond acceptors (Lipinski definition) is 2. The summed E-state index contributed by atoms with van der Waals surface area (Å²) in [7, 11) is 0. The number of furan rings is 1. The molecule has 2 nitrogen and oxygen atoms in total. The Hall–Kier alpha value is -1.31. The molecule has 2 fully saturated rings. The minimum atomic E-state index is 0.315. The first-order valence-electron chi connectivity index (χ1n) is 6.13. The van der Waals surface area contributed by atoms with Crippen LogP contribution in [0.2, 0.25) is 0 Å². The molecule has 2 heteroatoms. The monoisotopic (exact) mass is 216 g/mol. The van der Waals surface area contributed by atoms with Crippen LogP contribution in [0.25, 0.3) is 6.08 Å². The summed E-state index contributed by atoms with van der Waals surface area (Å²) in [4.78, 5) is 12.2. The Kier molecular flexibility index (Phi) is 2.43. The summed E-state index contributed by atoms with van der Waals surface area (Å²) in [5, 5.41) is 0. The van der Waals surface area contributed by atoms with Crippen molar-refractivity contribution < 1.29 is 9.21 Å². The number of rotatable bonds is 1. The standard InChI is InChI=1S/C14H16O2/c15-14-11(9-12-5-3-7-16-12)8-10-4-1-2-6-13(10)14/h3,5,7,9-10,13H,1-2,4,6,8H2/b11-9+/t10-,13+/m0/s1. The summed E-state index contributed by atoms with van der Waals surface area (Å²) in [5.41, 5.74) is 0.979. The third kappa shape index (κ3) is 1.62. The van der Waals surface area contributed by atoms with E-state index >= 15 is 0 Å². The highest BCUT2D eigenvalue weighted by Crippen LogP contribution is 2.42. The van der Waals surface area contributed by atoms with Gasteiger partial charge in [-0.2, -0.15) is 0 Å². The first-order chi connectivity index (χ1) is 7.84. The van der Waals surface area contributed by atoms with Crippen molar-refractivity contribution in [2.75, 3.05) is 0 Å². The summed E-state index contributed by atoms with van der Waals surface area (Å²) in [6.07, 6.45) is 9.39. The maximum Gasteiger partial charge on any atom is 0.162 e. The molecule has 1 aromatic rings. The van der Waals surface area contributed by atoms with Crippen LogP contribution < -0.4 is 0 Å². The lowest BCUT2D eigenvalue weighted by atomic mass is 9.81. The lowest BCUT2D eigenvalue weighted by Crippen LogP contribution is -2.18. The Morgan fingerprint density at radius 3 is 2.94 bits per heavy atom. The number of Topliss-reactive ketones (excluding diaryl/α,β-unsaturated/α-hetero) is 1. The fourth-order valence-corrected chi connectivity index (χ4v) is 3.09. The van der Waals surface area contributed by atoms with Crippen LogP contribution in [0.3, 0.4) is 0 Å². The van der Waals surface area contributed by atoms with Crippen LogP contribution in [0.4, 0.5) is 0 Å². The highest BCUT2D eigenvalue weighted by molar-refractivity contribution is 6.03. The van der Waals surface area contributed by atoms with Gasteiger partial charge in [-0.25, -0.2) is 0 Å². The molecule has 3 rings (SSSR count). The molecular weight excluding hydrogens is 200 g/mol. The summed E-state index contributed by atoms with van der Waals surface area (Å²) in [6.45, 7) is 0. The average molecular weight is 216 g/mol. The van der Waals surface area contributed by atoms with Gasteiger partial charge in [-0.05, 0) is 49.0 Å². The van der Waals surface area contributed by atoms with E-state index in [1.165, 1.54) is 19.3 Å². The van der Waals surface area contributed by atoms with Gasteiger partial charge in [0.15, 0.2) is 5.78 Å². The lowest BCUT2D eigenvalue weighted by molar-refractivity contribution is -0.119. The summed E-state index contributed by atoms with van der Waals surface area (Å²) >= 11 is 0. The number of ketones is 1. The zero-order valence-corrected chi connectivity index (χ0v) is 9.32. The maximum atomic E-state index is 12.2. The Bertz CT molecular complexity index is 414. The molecule has 0 unspecified atom stereocenters. The number of allylic oxidation sites excluding steroid dienone is 1. The lowest BCUT2D eigenvalue weighted by Gasteiger charge is -2.22. The zero-order valence-electron chi connectivity index (χ0n) is 9.32. The third-order valence-electron chi connectivity index (χ3n) is 3.90. The van der Waals surface area contributed by atoms with Crippen LogP contribution in [0.15, 0.2) is 28.4 Å². The first kappa shape index (κ1) is 9.88. The molecule has 0 amide bonds. The summed E-state index contributed by atoms with van der Waals surface area (Å²) < 4.78 is 5.27. The molecule has 84 valence electrons. The van der Waals surface area contributed by atoms with E-state index in [9.17, 15) is 4.79 Å². The van der Waals surface area contributed by atoms with Crippen molar-refractivity contribution in [2.45, 2.75) is 32.1 Å². The summed E-state index contributed by atoms with van der Waals surface area (Å²) in [6, 6.07) is 3.77. The topological polar surface area (TPSA) is 30.2 Å². The summed E-state index contributed by atoms with van der Waals surface area (Å²) in [5.74, 6) is 2.11. The molecule has 2 atom stereocenters. The normalized spacial score (nSPS) is 32.0. The molecule has 1 aromatic heterocycles. The minimum Gasteiger partial charge on any atom is -0.465 e. The van der Waals surface area contributed by atoms with Gasteiger partial charge in [0.2, 0.25) is 0 Å². The van der Waals surface area contributed by atoms with Crippen LogP contribution in [-0.2, 0) is 4.79 Å². The Labute approximate surface area is 95.3 Å². The maximum absolute atomic E-state index is 12.2. The van der Waals surface area contributed by atoms with Crippen LogP contribution in [0, 0.1) is 11.8 Å². The molecule has 1 heterocycles. The molecule has 0 saturated heterocycles. The van der Waals surface area contributed by atoms with Crippen molar-refractivity contribution >= 4 is 11.9 Å². The van der Waals surface area contributed by atoms with Crippen molar-refractivity contribution in [3.63, 3.8) is 0 Å². The van der Waals surface area contributed by atoms with Gasteiger partial charge >= 0.3 is 0 Å². The van der Waals surface area contributed by atoms with E-state index in [1.807, 2.05) is 18.2 Å². The molecule has 16 heavy (non-hydrogen) atoms. The highest BCUT2D eigenvalue weighted by atomic mass is 16.3. The fourth-order valence-electron chi connectivity index (χ4n) is 3.09. The quantitative estimate of drug-likeness (QED) is 0.673. The van der Waals surface area contributed by atoms with Gasteiger partial charge in [-0.15, -0.1) is 0 Å². The van der Waals surface area contributed by atoms with Crippen molar-refractivity contribution in [1.29, 1.82) is 0 Å². The second-order valence-electron chi connectivity index (χ2n) is 4.90. The van der Waals surface area contributed by atoms with Crippen molar-refractivity contribution in [1.82, 2.24) is 0 Å². The van der Waals surface area contributed by atoms with Gasteiger partial charge in [-0.1, -0.05) is 12.8 Å². The second kappa shape index (κ2) is 3.93. The van der Waals surface area contributed by atoms with Gasteiger partial charge in [0.1, 0.15) is 5.76 Å². The van der Waals surface area contributed by atoms with Crippen molar-refractivity contribution in [3.05, 3.63) is 29.7 Å².